The van der Waals surface area contributed by atoms with Crippen molar-refractivity contribution in [3.63, 3.8) is 0 Å². The number of anilines is 1. The molecule has 3 rings (SSSR count). The maximum absolute atomic E-state index is 5.86. The van der Waals surface area contributed by atoms with Crippen LogP contribution in [0, 0.1) is 6.92 Å². The summed E-state index contributed by atoms with van der Waals surface area (Å²) in [6, 6.07) is 5.68. The molecule has 0 saturated heterocycles. The molecule has 0 aliphatic rings. The third-order valence-corrected chi connectivity index (χ3v) is 3.37. The van der Waals surface area contributed by atoms with Gasteiger partial charge in [-0.15, -0.1) is 11.3 Å². The second-order valence-corrected chi connectivity index (χ2v) is 4.75. The normalized spacial score (nSPS) is 10.7. The maximum Gasteiger partial charge on any atom is 0.258 e. The lowest BCUT2D eigenvalue weighted by atomic mass is 10.1. The molecule has 0 atom stereocenters. The topological polar surface area (TPSA) is 77.8 Å². The molecule has 0 aliphatic heterocycles. The average molecular weight is 258 g/mol. The van der Waals surface area contributed by atoms with E-state index in [1.807, 2.05) is 25.1 Å². The van der Waals surface area contributed by atoms with Gasteiger partial charge in [0.25, 0.3) is 5.89 Å². The van der Waals surface area contributed by atoms with Crippen molar-refractivity contribution in [1.29, 1.82) is 0 Å². The predicted octanol–water partition coefficient (Wildman–Crippen LogP) is 2.75. The Hall–Kier alpha value is -2.21. The number of nitrogen functional groups attached to an aromatic ring is 1. The Morgan fingerprint density at radius 2 is 2.22 bits per heavy atom. The van der Waals surface area contributed by atoms with Gasteiger partial charge in [0, 0.05) is 17.4 Å². The summed E-state index contributed by atoms with van der Waals surface area (Å²) in [6.07, 6.45) is 1.71. The van der Waals surface area contributed by atoms with Gasteiger partial charge in [-0.1, -0.05) is 11.2 Å². The molecule has 0 saturated carbocycles. The lowest BCUT2D eigenvalue weighted by Crippen LogP contribution is -1.89. The number of hydrogen-bond acceptors (Lipinski definition) is 6. The zero-order valence-corrected chi connectivity index (χ0v) is 10.4. The Morgan fingerprint density at radius 3 is 2.94 bits per heavy atom. The molecule has 2 aromatic heterocycles. The van der Waals surface area contributed by atoms with Crippen LogP contribution in [0.2, 0.25) is 0 Å². The van der Waals surface area contributed by atoms with Gasteiger partial charge in [-0.2, -0.15) is 4.98 Å². The first-order valence-corrected chi connectivity index (χ1v) is 6.21. The van der Waals surface area contributed by atoms with Crippen molar-refractivity contribution < 1.29 is 4.52 Å². The van der Waals surface area contributed by atoms with Crippen LogP contribution < -0.4 is 5.73 Å². The van der Waals surface area contributed by atoms with Gasteiger partial charge >= 0.3 is 0 Å². The summed E-state index contributed by atoms with van der Waals surface area (Å²) in [7, 11) is 0. The van der Waals surface area contributed by atoms with Gasteiger partial charge in [-0.3, -0.25) is 4.98 Å². The number of benzene rings is 1. The zero-order chi connectivity index (χ0) is 12.5. The first kappa shape index (κ1) is 10.9. The highest BCUT2D eigenvalue weighted by Gasteiger charge is 2.12. The van der Waals surface area contributed by atoms with E-state index in [1.54, 1.807) is 11.7 Å². The molecule has 0 radical (unpaired) electrons. The lowest BCUT2D eigenvalue weighted by Gasteiger charge is -2.00. The molecule has 2 N–H and O–H groups in total. The van der Waals surface area contributed by atoms with E-state index in [-0.39, 0.29) is 0 Å². The Morgan fingerprint density at radius 1 is 1.33 bits per heavy atom. The van der Waals surface area contributed by atoms with E-state index < -0.39 is 0 Å². The number of nitrogens with two attached hydrogens (primary N) is 1. The van der Waals surface area contributed by atoms with E-state index >= 15 is 0 Å². The molecule has 2 heterocycles. The molecule has 5 nitrogen and oxygen atoms in total. The molecule has 90 valence electrons. The molecule has 0 fully saturated rings. The Kier molecular flexibility index (Phi) is 2.56. The number of rotatable bonds is 2. The van der Waals surface area contributed by atoms with E-state index in [4.69, 9.17) is 10.3 Å². The van der Waals surface area contributed by atoms with Gasteiger partial charge in [-0.05, 0) is 24.6 Å². The van der Waals surface area contributed by atoms with Gasteiger partial charge in [0.05, 0.1) is 10.4 Å². The number of aryl methyl sites for hydroxylation is 1. The Bertz CT molecular complexity index is 675. The molecule has 0 bridgehead atoms. The fraction of sp³-hybridized carbons (Fsp3) is 0.0833. The Balaban J connectivity index is 2.00. The van der Waals surface area contributed by atoms with Crippen LogP contribution in [-0.2, 0) is 0 Å². The molecule has 1 aromatic carbocycles. The highest BCUT2D eigenvalue weighted by atomic mass is 32.1. The molecule has 0 unspecified atom stereocenters. The van der Waals surface area contributed by atoms with Crippen LogP contribution in [0.15, 0.2) is 34.4 Å². The van der Waals surface area contributed by atoms with Gasteiger partial charge in [0.2, 0.25) is 5.82 Å². The standard InChI is InChI=1S/C12H10N4OS/c1-7-2-3-8(4-9(7)13)12-15-11(16-17-12)10-5-14-6-18-10/h2-6H,13H2,1H3. The van der Waals surface area contributed by atoms with Gasteiger partial charge in [0.1, 0.15) is 0 Å². The van der Waals surface area contributed by atoms with Crippen LogP contribution >= 0.6 is 11.3 Å². The summed E-state index contributed by atoms with van der Waals surface area (Å²) in [5, 5.41) is 3.93. The largest absolute Gasteiger partial charge is 0.398 e. The molecular weight excluding hydrogens is 248 g/mol. The van der Waals surface area contributed by atoms with E-state index in [9.17, 15) is 0 Å². The zero-order valence-electron chi connectivity index (χ0n) is 9.62. The predicted molar refractivity (Wildman–Crippen MR) is 70.0 cm³/mol. The first-order chi connectivity index (χ1) is 8.74. The number of hydrogen-bond donors (Lipinski definition) is 1. The highest BCUT2D eigenvalue weighted by Crippen LogP contribution is 2.26. The highest BCUT2D eigenvalue weighted by molar-refractivity contribution is 7.13. The van der Waals surface area contributed by atoms with Crippen LogP contribution in [0.4, 0.5) is 5.69 Å². The summed E-state index contributed by atoms with van der Waals surface area (Å²) in [4.78, 5) is 9.19. The van der Waals surface area contributed by atoms with Crippen molar-refractivity contribution >= 4 is 17.0 Å². The van der Waals surface area contributed by atoms with Crippen LogP contribution in [0.1, 0.15) is 5.56 Å². The second-order valence-electron chi connectivity index (χ2n) is 3.86. The molecular formula is C12H10N4OS. The van der Waals surface area contributed by atoms with Crippen molar-refractivity contribution in [2.75, 3.05) is 5.73 Å². The van der Waals surface area contributed by atoms with Crippen molar-refractivity contribution in [1.82, 2.24) is 15.1 Å². The fourth-order valence-corrected chi connectivity index (χ4v) is 2.09. The number of nitrogens with zero attached hydrogens (tertiary/aromatic N) is 3. The molecule has 18 heavy (non-hydrogen) atoms. The van der Waals surface area contributed by atoms with E-state index in [2.05, 4.69) is 15.1 Å². The minimum atomic E-state index is 0.463. The van der Waals surface area contributed by atoms with Crippen molar-refractivity contribution in [2.45, 2.75) is 6.92 Å². The van der Waals surface area contributed by atoms with Crippen LogP contribution in [0.25, 0.3) is 22.2 Å². The maximum atomic E-state index is 5.86. The third-order valence-electron chi connectivity index (χ3n) is 2.60. The minimum Gasteiger partial charge on any atom is -0.398 e. The summed E-state index contributed by atoms with van der Waals surface area (Å²) in [5.74, 6) is 1.01. The van der Waals surface area contributed by atoms with Crippen LogP contribution in [0.3, 0.4) is 0 Å². The second kappa shape index (κ2) is 4.23. The molecule has 0 aliphatic carbocycles. The molecule has 6 heteroatoms. The summed E-state index contributed by atoms with van der Waals surface area (Å²) >= 11 is 1.47. The van der Waals surface area contributed by atoms with Gasteiger partial charge in [-0.25, -0.2) is 0 Å². The average Bonchev–Trinajstić information content (AvgIpc) is 3.01. The van der Waals surface area contributed by atoms with Gasteiger partial charge < -0.3 is 10.3 Å². The van der Waals surface area contributed by atoms with Crippen molar-refractivity contribution in [2.24, 2.45) is 0 Å². The van der Waals surface area contributed by atoms with Crippen LogP contribution in [0.5, 0.6) is 0 Å². The van der Waals surface area contributed by atoms with Crippen LogP contribution in [-0.4, -0.2) is 15.1 Å². The van der Waals surface area contributed by atoms with E-state index in [1.165, 1.54) is 11.3 Å². The summed E-state index contributed by atoms with van der Waals surface area (Å²) < 4.78 is 5.23. The smallest absolute Gasteiger partial charge is 0.258 e. The first-order valence-electron chi connectivity index (χ1n) is 5.33. The SMILES string of the molecule is Cc1ccc(-c2nc(-c3cncs3)no2)cc1N. The fourth-order valence-electron chi connectivity index (χ4n) is 1.54. The molecule has 3 aromatic rings. The van der Waals surface area contributed by atoms with Crippen molar-refractivity contribution in [3.05, 3.63) is 35.5 Å². The van der Waals surface area contributed by atoms with Crippen molar-refractivity contribution in [3.8, 4) is 22.2 Å². The number of thiazole rings is 1. The minimum absolute atomic E-state index is 0.463. The molecule has 0 amide bonds. The number of aromatic nitrogens is 3. The van der Waals surface area contributed by atoms with E-state index in [0.29, 0.717) is 17.4 Å². The third kappa shape index (κ3) is 1.86. The van der Waals surface area contributed by atoms with E-state index in [0.717, 1.165) is 16.0 Å². The summed E-state index contributed by atoms with van der Waals surface area (Å²) in [6.45, 7) is 1.95. The summed E-state index contributed by atoms with van der Waals surface area (Å²) in [5.41, 5.74) is 10.2. The lowest BCUT2D eigenvalue weighted by molar-refractivity contribution is 0.432. The quantitative estimate of drug-likeness (QED) is 0.715. The van der Waals surface area contributed by atoms with Gasteiger partial charge in [0.15, 0.2) is 0 Å². The molecule has 0 spiro atoms. The Labute approximate surface area is 107 Å². The monoisotopic (exact) mass is 258 g/mol.